The molecule has 1 amide bonds. The van der Waals surface area contributed by atoms with Gasteiger partial charge in [0.2, 0.25) is 0 Å². The van der Waals surface area contributed by atoms with Crippen molar-refractivity contribution in [3.8, 4) is 0 Å². The van der Waals surface area contributed by atoms with Gasteiger partial charge in [-0.25, -0.2) is 9.78 Å². The molecule has 0 saturated carbocycles. The molecule has 1 N–H and O–H groups in total. The number of nitrogens with zero attached hydrogens (tertiary/aromatic N) is 1. The van der Waals surface area contributed by atoms with Gasteiger partial charge in [-0.15, -0.1) is 11.3 Å². The van der Waals surface area contributed by atoms with Gasteiger partial charge in [0.25, 0.3) is 5.91 Å². The molecule has 0 spiro atoms. The van der Waals surface area contributed by atoms with Gasteiger partial charge in [-0.05, 0) is 26.0 Å². The van der Waals surface area contributed by atoms with E-state index < -0.39 is 12.1 Å². The minimum absolute atomic E-state index is 0.209. The number of carbonyl (C=O) groups excluding carboxylic acids is 2. The van der Waals surface area contributed by atoms with Gasteiger partial charge in [-0.1, -0.05) is 12.1 Å². The predicted molar refractivity (Wildman–Crippen MR) is 83.5 cm³/mol. The number of esters is 1. The first-order valence-corrected chi connectivity index (χ1v) is 7.81. The van der Waals surface area contributed by atoms with Crippen molar-refractivity contribution >= 4 is 33.4 Å². The molecule has 6 nitrogen and oxygen atoms in total. The van der Waals surface area contributed by atoms with E-state index in [2.05, 4.69) is 10.3 Å². The molecule has 1 heterocycles. The molecule has 2 rings (SSSR count). The van der Waals surface area contributed by atoms with E-state index in [9.17, 15) is 9.59 Å². The number of benzene rings is 1. The lowest BCUT2D eigenvalue weighted by Gasteiger charge is -2.12. The van der Waals surface area contributed by atoms with Crippen LogP contribution in [0.15, 0.2) is 24.3 Å². The summed E-state index contributed by atoms with van der Waals surface area (Å²) in [4.78, 5) is 27.4. The Hall–Kier alpha value is -1.99. The van der Waals surface area contributed by atoms with Crippen molar-refractivity contribution in [3.05, 3.63) is 29.3 Å². The monoisotopic (exact) mass is 322 g/mol. The number of nitrogens with one attached hydrogen (secondary N) is 1. The maximum Gasteiger partial charge on any atom is 0.332 e. The van der Waals surface area contributed by atoms with Gasteiger partial charge in [0, 0.05) is 6.54 Å². The fourth-order valence-electron chi connectivity index (χ4n) is 1.81. The van der Waals surface area contributed by atoms with Crippen molar-refractivity contribution in [2.75, 3.05) is 13.2 Å². The zero-order valence-electron chi connectivity index (χ0n) is 12.5. The first-order valence-electron chi connectivity index (χ1n) is 6.99. The standard InChI is InChI=1S/C15H18N2O4S/c1-3-16-15(19)10(2)21-14(18)9-20-8-13-17-11-6-4-5-7-12(11)22-13/h4-7,10H,3,8-9H2,1-2H3,(H,16,19)/t10-/m0/s1. The molecule has 22 heavy (non-hydrogen) atoms. The highest BCUT2D eigenvalue weighted by Gasteiger charge is 2.17. The summed E-state index contributed by atoms with van der Waals surface area (Å²) in [5.41, 5.74) is 0.915. The van der Waals surface area contributed by atoms with E-state index in [1.54, 1.807) is 6.92 Å². The average molecular weight is 322 g/mol. The average Bonchev–Trinajstić information content (AvgIpc) is 2.90. The third-order valence-electron chi connectivity index (χ3n) is 2.81. The van der Waals surface area contributed by atoms with E-state index in [-0.39, 0.29) is 19.1 Å². The smallest absolute Gasteiger partial charge is 0.332 e. The fraction of sp³-hybridized carbons (Fsp3) is 0.400. The Bertz CT molecular complexity index is 623. The predicted octanol–water partition coefficient (Wildman–Crippen LogP) is 1.88. The zero-order chi connectivity index (χ0) is 15.9. The van der Waals surface area contributed by atoms with Crippen LogP contribution < -0.4 is 5.32 Å². The zero-order valence-corrected chi connectivity index (χ0v) is 13.3. The molecule has 1 aromatic heterocycles. The number of para-hydroxylation sites is 1. The number of amides is 1. The molecule has 0 aliphatic carbocycles. The van der Waals surface area contributed by atoms with Gasteiger partial charge < -0.3 is 14.8 Å². The first kappa shape index (κ1) is 16.4. The number of fused-ring (bicyclic) bond motifs is 1. The number of hydrogen-bond donors (Lipinski definition) is 1. The number of carbonyl (C=O) groups is 2. The van der Waals surface area contributed by atoms with Crippen molar-refractivity contribution in [2.45, 2.75) is 26.6 Å². The number of rotatable bonds is 7. The molecule has 118 valence electrons. The van der Waals surface area contributed by atoms with Crippen LogP contribution in [0.25, 0.3) is 10.2 Å². The summed E-state index contributed by atoms with van der Waals surface area (Å²) in [5, 5.41) is 3.38. The molecule has 2 aromatic rings. The lowest BCUT2D eigenvalue weighted by Crippen LogP contribution is -2.36. The number of ether oxygens (including phenoxy) is 2. The van der Waals surface area contributed by atoms with Gasteiger partial charge in [0.1, 0.15) is 11.6 Å². The highest BCUT2D eigenvalue weighted by molar-refractivity contribution is 7.18. The molecule has 0 saturated heterocycles. The van der Waals surface area contributed by atoms with E-state index in [0.29, 0.717) is 6.54 Å². The van der Waals surface area contributed by atoms with Gasteiger partial charge in [0.05, 0.1) is 16.8 Å². The van der Waals surface area contributed by atoms with Gasteiger partial charge in [-0.2, -0.15) is 0 Å². The van der Waals surface area contributed by atoms with E-state index in [4.69, 9.17) is 9.47 Å². The second-order valence-electron chi connectivity index (χ2n) is 4.59. The summed E-state index contributed by atoms with van der Waals surface area (Å²) < 4.78 is 11.3. The highest BCUT2D eigenvalue weighted by atomic mass is 32.1. The quantitative estimate of drug-likeness (QED) is 0.788. The Morgan fingerprint density at radius 3 is 2.86 bits per heavy atom. The molecule has 0 radical (unpaired) electrons. The molecule has 0 aliphatic rings. The Balaban J connectivity index is 1.76. The molecule has 7 heteroatoms. The summed E-state index contributed by atoms with van der Waals surface area (Å²) in [6.07, 6.45) is -0.821. The first-order chi connectivity index (χ1) is 10.6. The lowest BCUT2D eigenvalue weighted by molar-refractivity contribution is -0.159. The SMILES string of the molecule is CCNC(=O)[C@H](C)OC(=O)COCc1nc2ccccc2s1. The second-order valence-corrected chi connectivity index (χ2v) is 5.71. The van der Waals surface area contributed by atoms with E-state index >= 15 is 0 Å². The largest absolute Gasteiger partial charge is 0.451 e. The summed E-state index contributed by atoms with van der Waals surface area (Å²) in [7, 11) is 0. The number of likely N-dealkylation sites (N-methyl/N-ethyl adjacent to an activating group) is 1. The fourth-order valence-corrected chi connectivity index (χ4v) is 2.71. The number of hydrogen-bond acceptors (Lipinski definition) is 6. The van der Waals surface area contributed by atoms with Gasteiger partial charge in [-0.3, -0.25) is 4.79 Å². The Labute approximate surface area is 132 Å². The van der Waals surface area contributed by atoms with Gasteiger partial charge >= 0.3 is 5.97 Å². The molecule has 1 atom stereocenters. The van der Waals surface area contributed by atoms with Crippen molar-refractivity contribution < 1.29 is 19.1 Å². The Kier molecular flexibility index (Phi) is 5.85. The summed E-state index contributed by atoms with van der Waals surface area (Å²) in [6.45, 7) is 3.85. The maximum atomic E-state index is 11.6. The normalized spacial score (nSPS) is 12.1. The van der Waals surface area contributed by atoms with Crippen LogP contribution in [0.1, 0.15) is 18.9 Å². The molecule has 0 aliphatic heterocycles. The van der Waals surface area contributed by atoms with Crippen LogP contribution in [0.4, 0.5) is 0 Å². The third kappa shape index (κ3) is 4.51. The van der Waals surface area contributed by atoms with Crippen LogP contribution in [-0.4, -0.2) is 36.1 Å². The second kappa shape index (κ2) is 7.86. The van der Waals surface area contributed by atoms with E-state index in [1.807, 2.05) is 24.3 Å². The summed E-state index contributed by atoms with van der Waals surface area (Å²) in [5.74, 6) is -0.887. The molecule has 0 fully saturated rings. The number of aromatic nitrogens is 1. The van der Waals surface area contributed by atoms with Gasteiger partial charge in [0.15, 0.2) is 6.10 Å². The summed E-state index contributed by atoms with van der Waals surface area (Å²) in [6, 6.07) is 7.79. The van der Waals surface area contributed by atoms with Crippen LogP contribution in [0.2, 0.25) is 0 Å². The maximum absolute atomic E-state index is 11.6. The molecule has 0 bridgehead atoms. The van der Waals surface area contributed by atoms with E-state index in [0.717, 1.165) is 15.2 Å². The van der Waals surface area contributed by atoms with Crippen LogP contribution in [0.5, 0.6) is 0 Å². The van der Waals surface area contributed by atoms with Crippen molar-refractivity contribution in [2.24, 2.45) is 0 Å². The Morgan fingerprint density at radius 1 is 1.36 bits per heavy atom. The van der Waals surface area contributed by atoms with Crippen molar-refractivity contribution in [3.63, 3.8) is 0 Å². The van der Waals surface area contributed by atoms with Crippen LogP contribution >= 0.6 is 11.3 Å². The van der Waals surface area contributed by atoms with E-state index in [1.165, 1.54) is 18.3 Å². The summed E-state index contributed by atoms with van der Waals surface area (Å²) >= 11 is 1.52. The Morgan fingerprint density at radius 2 is 2.14 bits per heavy atom. The lowest BCUT2D eigenvalue weighted by atomic mass is 10.3. The minimum atomic E-state index is -0.821. The topological polar surface area (TPSA) is 77.5 Å². The molecule has 1 aromatic carbocycles. The van der Waals surface area contributed by atoms with Crippen LogP contribution in [0, 0.1) is 0 Å². The van der Waals surface area contributed by atoms with Crippen LogP contribution in [-0.2, 0) is 25.7 Å². The minimum Gasteiger partial charge on any atom is -0.451 e. The highest BCUT2D eigenvalue weighted by Crippen LogP contribution is 2.21. The van der Waals surface area contributed by atoms with Crippen molar-refractivity contribution in [1.82, 2.24) is 10.3 Å². The van der Waals surface area contributed by atoms with Crippen molar-refractivity contribution in [1.29, 1.82) is 0 Å². The molecule has 0 unspecified atom stereocenters. The van der Waals surface area contributed by atoms with Crippen LogP contribution in [0.3, 0.4) is 0 Å². The molecular weight excluding hydrogens is 304 g/mol. The molecular formula is C15H18N2O4S. The number of thiazole rings is 1. The third-order valence-corrected chi connectivity index (χ3v) is 3.82.